The van der Waals surface area contributed by atoms with E-state index >= 15 is 0 Å². The molecule has 2 amide bonds. The summed E-state index contributed by atoms with van der Waals surface area (Å²) in [5.41, 5.74) is 2.74. The van der Waals surface area contributed by atoms with Gasteiger partial charge in [-0.25, -0.2) is 4.39 Å². The lowest BCUT2D eigenvalue weighted by molar-refractivity contribution is 0.0532. The summed E-state index contributed by atoms with van der Waals surface area (Å²) in [6, 6.07) is 21.6. The Bertz CT molecular complexity index is 1100. The Labute approximate surface area is 185 Å². The number of amides is 2. The first-order valence-electron chi connectivity index (χ1n) is 10.2. The van der Waals surface area contributed by atoms with Crippen LogP contribution in [0, 0.1) is 5.82 Å². The Balaban J connectivity index is 1.44. The van der Waals surface area contributed by atoms with Gasteiger partial charge in [-0.05, 0) is 41.8 Å². The van der Waals surface area contributed by atoms with E-state index in [4.69, 9.17) is 11.6 Å². The third kappa shape index (κ3) is 4.78. The van der Waals surface area contributed by atoms with Crippen LogP contribution in [-0.2, 0) is 6.42 Å². The third-order valence-electron chi connectivity index (χ3n) is 5.50. The van der Waals surface area contributed by atoms with Crippen molar-refractivity contribution in [2.45, 2.75) is 6.42 Å². The number of piperazine rings is 1. The molecule has 0 radical (unpaired) electrons. The molecule has 1 fully saturated rings. The molecule has 1 aliphatic rings. The largest absolute Gasteiger partial charge is 0.335 e. The molecule has 158 valence electrons. The fourth-order valence-electron chi connectivity index (χ4n) is 3.81. The summed E-state index contributed by atoms with van der Waals surface area (Å²) in [5, 5.41) is 0.314. The summed E-state index contributed by atoms with van der Waals surface area (Å²) < 4.78 is 14.1. The van der Waals surface area contributed by atoms with E-state index in [0.29, 0.717) is 43.2 Å². The van der Waals surface area contributed by atoms with Gasteiger partial charge < -0.3 is 9.80 Å². The van der Waals surface area contributed by atoms with Crippen molar-refractivity contribution in [3.63, 3.8) is 0 Å². The zero-order valence-electron chi connectivity index (χ0n) is 16.9. The lowest BCUT2D eigenvalue weighted by atomic mass is 9.99. The predicted octanol–water partition coefficient (Wildman–Crippen LogP) is 4.67. The molecule has 0 saturated carbocycles. The minimum atomic E-state index is -0.595. The molecule has 0 bridgehead atoms. The molecule has 4 nitrogen and oxygen atoms in total. The molecular formula is C25H22ClFN2O2. The Hall–Kier alpha value is -3.18. The van der Waals surface area contributed by atoms with Crippen LogP contribution >= 0.6 is 11.6 Å². The normalized spacial score (nSPS) is 13.9. The molecule has 0 aromatic heterocycles. The van der Waals surface area contributed by atoms with Gasteiger partial charge in [0.1, 0.15) is 5.82 Å². The molecule has 4 rings (SSSR count). The summed E-state index contributed by atoms with van der Waals surface area (Å²) in [7, 11) is 0. The molecule has 0 unspecified atom stereocenters. The van der Waals surface area contributed by atoms with Gasteiger partial charge >= 0.3 is 0 Å². The number of hydrogen-bond donors (Lipinski definition) is 0. The highest BCUT2D eigenvalue weighted by atomic mass is 35.5. The van der Waals surface area contributed by atoms with Crippen LogP contribution in [0.1, 0.15) is 31.8 Å². The van der Waals surface area contributed by atoms with E-state index in [1.54, 1.807) is 9.80 Å². The molecule has 1 saturated heterocycles. The number of rotatable bonds is 4. The van der Waals surface area contributed by atoms with E-state index in [2.05, 4.69) is 0 Å². The zero-order valence-corrected chi connectivity index (χ0v) is 17.7. The van der Waals surface area contributed by atoms with Gasteiger partial charge in [0.2, 0.25) is 0 Å². The molecule has 0 aliphatic carbocycles. The number of halogens is 2. The molecule has 0 atom stereocenters. The fourth-order valence-corrected chi connectivity index (χ4v) is 3.99. The maximum Gasteiger partial charge on any atom is 0.257 e. The maximum atomic E-state index is 14.1. The van der Waals surface area contributed by atoms with Crippen molar-refractivity contribution >= 4 is 23.4 Å². The van der Waals surface area contributed by atoms with Crippen molar-refractivity contribution in [3.05, 3.63) is 106 Å². The molecule has 1 heterocycles. The molecule has 31 heavy (non-hydrogen) atoms. The van der Waals surface area contributed by atoms with Gasteiger partial charge in [-0.2, -0.15) is 0 Å². The van der Waals surface area contributed by atoms with E-state index < -0.39 is 11.7 Å². The SMILES string of the molecule is O=C(c1cc(Cl)ccc1F)N1CCN(C(=O)c2ccccc2Cc2ccccc2)CC1. The average molecular weight is 437 g/mol. The van der Waals surface area contributed by atoms with Crippen molar-refractivity contribution in [2.24, 2.45) is 0 Å². The monoisotopic (exact) mass is 436 g/mol. The minimum absolute atomic E-state index is 0.0412. The number of carbonyl (C=O) groups is 2. The Kier molecular flexibility index (Phi) is 6.33. The minimum Gasteiger partial charge on any atom is -0.335 e. The van der Waals surface area contributed by atoms with Crippen LogP contribution in [0.2, 0.25) is 5.02 Å². The van der Waals surface area contributed by atoms with Crippen LogP contribution in [0.25, 0.3) is 0 Å². The molecule has 3 aromatic rings. The summed E-state index contributed by atoms with van der Waals surface area (Å²) in [4.78, 5) is 29.2. The van der Waals surface area contributed by atoms with Gasteiger partial charge in [-0.15, -0.1) is 0 Å². The standard InChI is InChI=1S/C25H22ClFN2O2/c26-20-10-11-23(27)22(17-20)25(31)29-14-12-28(13-15-29)24(30)21-9-5-4-8-19(21)16-18-6-2-1-3-7-18/h1-11,17H,12-16H2. The van der Waals surface area contributed by atoms with Crippen LogP contribution in [0.5, 0.6) is 0 Å². The Morgan fingerprint density at radius 2 is 1.35 bits per heavy atom. The molecule has 6 heteroatoms. The van der Waals surface area contributed by atoms with Gasteiger partial charge in [0, 0.05) is 36.8 Å². The predicted molar refractivity (Wildman–Crippen MR) is 119 cm³/mol. The van der Waals surface area contributed by atoms with Gasteiger partial charge in [0.25, 0.3) is 11.8 Å². The average Bonchev–Trinajstić information content (AvgIpc) is 2.81. The highest BCUT2D eigenvalue weighted by molar-refractivity contribution is 6.31. The van der Waals surface area contributed by atoms with E-state index in [1.165, 1.54) is 18.2 Å². The van der Waals surface area contributed by atoms with Crippen molar-refractivity contribution in [1.29, 1.82) is 0 Å². The summed E-state index contributed by atoms with van der Waals surface area (Å²) in [5.74, 6) is -1.05. The Morgan fingerprint density at radius 3 is 2.03 bits per heavy atom. The van der Waals surface area contributed by atoms with Gasteiger partial charge in [-0.3, -0.25) is 9.59 Å². The quantitative estimate of drug-likeness (QED) is 0.596. The topological polar surface area (TPSA) is 40.6 Å². The number of benzene rings is 3. The highest BCUT2D eigenvalue weighted by Crippen LogP contribution is 2.20. The first kappa shape index (κ1) is 21.1. The summed E-state index contributed by atoms with van der Waals surface area (Å²) in [6.45, 7) is 1.48. The van der Waals surface area contributed by atoms with Crippen LogP contribution in [0.3, 0.4) is 0 Å². The first-order chi connectivity index (χ1) is 15.0. The number of carbonyl (C=O) groups excluding carboxylic acids is 2. The van der Waals surface area contributed by atoms with Crippen molar-refractivity contribution < 1.29 is 14.0 Å². The second-order valence-corrected chi connectivity index (χ2v) is 7.96. The van der Waals surface area contributed by atoms with E-state index in [1.807, 2.05) is 54.6 Å². The van der Waals surface area contributed by atoms with Gasteiger partial charge in [0.05, 0.1) is 5.56 Å². The smallest absolute Gasteiger partial charge is 0.257 e. The van der Waals surface area contributed by atoms with Crippen LogP contribution in [-0.4, -0.2) is 47.8 Å². The highest BCUT2D eigenvalue weighted by Gasteiger charge is 2.27. The second kappa shape index (κ2) is 9.31. The van der Waals surface area contributed by atoms with Crippen molar-refractivity contribution in [3.8, 4) is 0 Å². The third-order valence-corrected chi connectivity index (χ3v) is 5.73. The van der Waals surface area contributed by atoms with Crippen molar-refractivity contribution in [1.82, 2.24) is 9.80 Å². The number of nitrogens with zero attached hydrogens (tertiary/aromatic N) is 2. The summed E-state index contributed by atoms with van der Waals surface area (Å²) >= 11 is 5.91. The molecular weight excluding hydrogens is 415 g/mol. The molecule has 0 spiro atoms. The van der Waals surface area contributed by atoms with E-state index in [9.17, 15) is 14.0 Å². The van der Waals surface area contributed by atoms with Gasteiger partial charge in [0.15, 0.2) is 0 Å². The van der Waals surface area contributed by atoms with Crippen LogP contribution in [0.4, 0.5) is 4.39 Å². The van der Waals surface area contributed by atoms with Crippen molar-refractivity contribution in [2.75, 3.05) is 26.2 Å². The number of hydrogen-bond acceptors (Lipinski definition) is 2. The van der Waals surface area contributed by atoms with Gasteiger partial charge in [-0.1, -0.05) is 60.1 Å². The summed E-state index contributed by atoms with van der Waals surface area (Å²) in [6.07, 6.45) is 0.676. The van der Waals surface area contributed by atoms with Crippen LogP contribution in [0.15, 0.2) is 72.8 Å². The van der Waals surface area contributed by atoms with E-state index in [-0.39, 0.29) is 11.5 Å². The molecule has 1 aliphatic heterocycles. The molecule has 3 aromatic carbocycles. The van der Waals surface area contributed by atoms with Crippen LogP contribution < -0.4 is 0 Å². The maximum absolute atomic E-state index is 14.1. The van der Waals surface area contributed by atoms with E-state index in [0.717, 1.165) is 11.1 Å². The fraction of sp³-hybridized carbons (Fsp3) is 0.200. The first-order valence-corrected chi connectivity index (χ1v) is 10.6. The lowest BCUT2D eigenvalue weighted by Gasteiger charge is -2.35. The lowest BCUT2D eigenvalue weighted by Crippen LogP contribution is -2.50. The molecule has 0 N–H and O–H groups in total. The Morgan fingerprint density at radius 1 is 0.774 bits per heavy atom. The zero-order chi connectivity index (χ0) is 21.8. The second-order valence-electron chi connectivity index (χ2n) is 7.53.